The fourth-order valence-electron chi connectivity index (χ4n) is 3.47. The molecule has 8 nitrogen and oxygen atoms in total. The zero-order chi connectivity index (χ0) is 20.1. The molecule has 1 aromatic carbocycles. The minimum Gasteiger partial charge on any atom is -0.355 e. The van der Waals surface area contributed by atoms with Gasteiger partial charge in [-0.25, -0.2) is 0 Å². The third kappa shape index (κ3) is 4.58. The normalized spacial score (nSPS) is 17.3. The van der Waals surface area contributed by atoms with Gasteiger partial charge in [0.05, 0.1) is 17.9 Å². The van der Waals surface area contributed by atoms with E-state index < -0.39 is 0 Å². The van der Waals surface area contributed by atoms with E-state index in [1.165, 1.54) is 0 Å². The molecular weight excluding hydrogens is 356 g/mol. The second-order valence-corrected chi connectivity index (χ2v) is 6.93. The lowest BCUT2D eigenvalue weighted by Crippen LogP contribution is -2.48. The summed E-state index contributed by atoms with van der Waals surface area (Å²) in [6, 6.07) is 7.61. The number of hydrogen-bond donors (Lipinski definition) is 3. The zero-order valence-electron chi connectivity index (χ0n) is 16.7. The van der Waals surface area contributed by atoms with Gasteiger partial charge in [0.15, 0.2) is 0 Å². The van der Waals surface area contributed by atoms with Crippen LogP contribution in [0.15, 0.2) is 30.5 Å². The highest BCUT2D eigenvalue weighted by Gasteiger charge is 2.26. The van der Waals surface area contributed by atoms with Crippen molar-refractivity contribution in [1.29, 1.82) is 0 Å². The fraction of sp³-hybridized carbons (Fsp3) is 0.450. The summed E-state index contributed by atoms with van der Waals surface area (Å²) in [5, 5.41) is 13.4. The molecule has 0 aliphatic carbocycles. The maximum absolute atomic E-state index is 12.7. The molecule has 0 radical (unpaired) electrons. The average molecular weight is 384 g/mol. The van der Waals surface area contributed by atoms with E-state index in [-0.39, 0.29) is 24.4 Å². The summed E-state index contributed by atoms with van der Waals surface area (Å²) in [5.41, 5.74) is 3.21. The number of amides is 2. The van der Waals surface area contributed by atoms with Gasteiger partial charge in [-0.15, -0.1) is 0 Å². The Balaban J connectivity index is 1.72. The highest BCUT2D eigenvalue weighted by molar-refractivity contribution is 5.94. The van der Waals surface area contributed by atoms with Crippen molar-refractivity contribution in [2.45, 2.75) is 26.4 Å². The first-order chi connectivity index (χ1) is 13.5. The van der Waals surface area contributed by atoms with E-state index in [0.717, 1.165) is 43.1 Å². The van der Waals surface area contributed by atoms with E-state index in [9.17, 15) is 9.59 Å². The van der Waals surface area contributed by atoms with Crippen LogP contribution in [0.1, 0.15) is 34.6 Å². The molecule has 1 fully saturated rings. The summed E-state index contributed by atoms with van der Waals surface area (Å²) in [6.45, 7) is 7.26. The maximum atomic E-state index is 12.7. The van der Waals surface area contributed by atoms with Gasteiger partial charge in [0.2, 0.25) is 5.91 Å². The van der Waals surface area contributed by atoms with Crippen LogP contribution in [-0.4, -0.2) is 59.7 Å². The molecule has 28 heavy (non-hydrogen) atoms. The molecule has 2 amide bonds. The Labute approximate surface area is 165 Å². The van der Waals surface area contributed by atoms with E-state index in [2.05, 4.69) is 25.9 Å². The third-order valence-corrected chi connectivity index (χ3v) is 5.01. The molecule has 1 aliphatic rings. The SMILES string of the molecule is CCn1cc(NC(=O)CN2CCNCC2c2cccc(C(=O)NC)c2)c(C)n1. The molecule has 1 aromatic heterocycles. The van der Waals surface area contributed by atoms with Gasteiger partial charge in [-0.1, -0.05) is 12.1 Å². The Morgan fingerprint density at radius 3 is 2.89 bits per heavy atom. The number of anilines is 1. The minimum atomic E-state index is -0.113. The monoisotopic (exact) mass is 384 g/mol. The smallest absolute Gasteiger partial charge is 0.251 e. The first kappa shape index (κ1) is 20.0. The zero-order valence-corrected chi connectivity index (χ0v) is 16.7. The van der Waals surface area contributed by atoms with Crippen LogP contribution in [0.3, 0.4) is 0 Å². The average Bonchev–Trinajstić information content (AvgIpc) is 3.07. The molecule has 2 heterocycles. The summed E-state index contributed by atoms with van der Waals surface area (Å²) in [5.74, 6) is -0.175. The quantitative estimate of drug-likeness (QED) is 0.695. The lowest BCUT2D eigenvalue weighted by atomic mass is 10.0. The van der Waals surface area contributed by atoms with Gasteiger partial charge < -0.3 is 16.0 Å². The molecule has 3 rings (SSSR count). The molecular formula is C20H28N6O2. The number of benzene rings is 1. The van der Waals surface area contributed by atoms with E-state index in [1.54, 1.807) is 13.1 Å². The summed E-state index contributed by atoms with van der Waals surface area (Å²) < 4.78 is 1.81. The molecule has 8 heteroatoms. The van der Waals surface area contributed by atoms with Crippen LogP contribution in [-0.2, 0) is 11.3 Å². The predicted molar refractivity (Wildman–Crippen MR) is 108 cm³/mol. The number of piperazine rings is 1. The van der Waals surface area contributed by atoms with Crippen molar-refractivity contribution in [1.82, 2.24) is 25.3 Å². The van der Waals surface area contributed by atoms with Crippen molar-refractivity contribution >= 4 is 17.5 Å². The third-order valence-electron chi connectivity index (χ3n) is 5.01. The van der Waals surface area contributed by atoms with Gasteiger partial charge >= 0.3 is 0 Å². The number of carbonyl (C=O) groups is 2. The number of nitrogens with one attached hydrogen (secondary N) is 3. The minimum absolute atomic E-state index is 0.0311. The van der Waals surface area contributed by atoms with Crippen molar-refractivity contribution in [2.75, 3.05) is 38.5 Å². The second-order valence-electron chi connectivity index (χ2n) is 6.93. The standard InChI is InChI=1S/C20H28N6O2/c1-4-26-12-17(14(2)24-26)23-19(27)13-25-9-8-22-11-18(25)15-6-5-7-16(10-15)20(28)21-3/h5-7,10,12,18,22H,4,8-9,11,13H2,1-3H3,(H,21,28)(H,23,27). The molecule has 150 valence electrons. The van der Waals surface area contributed by atoms with Crippen LogP contribution in [0.5, 0.6) is 0 Å². The lowest BCUT2D eigenvalue weighted by molar-refractivity contribution is -0.118. The highest BCUT2D eigenvalue weighted by atomic mass is 16.2. The Morgan fingerprint density at radius 2 is 2.18 bits per heavy atom. The molecule has 3 N–H and O–H groups in total. The van der Waals surface area contributed by atoms with Crippen LogP contribution in [0.4, 0.5) is 5.69 Å². The summed E-state index contributed by atoms with van der Waals surface area (Å²) >= 11 is 0. The first-order valence-electron chi connectivity index (χ1n) is 9.62. The van der Waals surface area contributed by atoms with Crippen LogP contribution in [0, 0.1) is 6.92 Å². The molecule has 0 spiro atoms. The fourth-order valence-corrected chi connectivity index (χ4v) is 3.47. The van der Waals surface area contributed by atoms with Gasteiger partial charge in [-0.05, 0) is 31.5 Å². The van der Waals surface area contributed by atoms with Crippen molar-refractivity contribution in [2.24, 2.45) is 0 Å². The van der Waals surface area contributed by atoms with Crippen molar-refractivity contribution in [3.8, 4) is 0 Å². The molecule has 1 saturated heterocycles. The van der Waals surface area contributed by atoms with E-state index in [0.29, 0.717) is 5.56 Å². The Morgan fingerprint density at radius 1 is 1.36 bits per heavy atom. The molecule has 1 aliphatic heterocycles. The van der Waals surface area contributed by atoms with Crippen molar-refractivity contribution in [3.63, 3.8) is 0 Å². The molecule has 2 aromatic rings. The second kappa shape index (κ2) is 8.99. The Hall–Kier alpha value is -2.71. The first-order valence-corrected chi connectivity index (χ1v) is 9.62. The number of rotatable bonds is 6. The molecule has 0 saturated carbocycles. The van der Waals surface area contributed by atoms with E-state index in [4.69, 9.17) is 0 Å². The molecule has 0 bridgehead atoms. The topological polar surface area (TPSA) is 91.3 Å². The van der Waals surface area contributed by atoms with Gasteiger partial charge in [0.25, 0.3) is 5.91 Å². The van der Waals surface area contributed by atoms with Crippen molar-refractivity contribution < 1.29 is 9.59 Å². The maximum Gasteiger partial charge on any atom is 0.251 e. The summed E-state index contributed by atoms with van der Waals surface area (Å²) in [4.78, 5) is 26.8. The Kier molecular flexibility index (Phi) is 6.43. The number of aryl methyl sites for hydroxylation is 2. The van der Waals surface area contributed by atoms with E-state index in [1.807, 2.05) is 42.9 Å². The number of carbonyl (C=O) groups excluding carboxylic acids is 2. The summed E-state index contributed by atoms with van der Waals surface area (Å²) in [6.07, 6.45) is 1.86. The van der Waals surface area contributed by atoms with Crippen LogP contribution in [0.25, 0.3) is 0 Å². The van der Waals surface area contributed by atoms with Gasteiger partial charge in [-0.2, -0.15) is 5.10 Å². The number of hydrogen-bond acceptors (Lipinski definition) is 5. The highest BCUT2D eigenvalue weighted by Crippen LogP contribution is 2.23. The van der Waals surface area contributed by atoms with Gasteiger partial charge in [0.1, 0.15) is 0 Å². The predicted octanol–water partition coefficient (Wildman–Crippen LogP) is 1.16. The van der Waals surface area contributed by atoms with Crippen LogP contribution < -0.4 is 16.0 Å². The summed E-state index contributed by atoms with van der Waals surface area (Å²) in [7, 11) is 1.62. The largest absolute Gasteiger partial charge is 0.355 e. The molecule has 1 unspecified atom stereocenters. The lowest BCUT2D eigenvalue weighted by Gasteiger charge is -2.36. The number of aromatic nitrogens is 2. The van der Waals surface area contributed by atoms with Gasteiger partial charge in [-0.3, -0.25) is 19.2 Å². The molecule has 1 atom stereocenters. The van der Waals surface area contributed by atoms with E-state index >= 15 is 0 Å². The van der Waals surface area contributed by atoms with Gasteiger partial charge in [0, 0.05) is 51.0 Å². The Bertz CT molecular complexity index is 847. The van der Waals surface area contributed by atoms with Crippen LogP contribution >= 0.6 is 0 Å². The van der Waals surface area contributed by atoms with Crippen molar-refractivity contribution in [3.05, 3.63) is 47.3 Å². The van der Waals surface area contributed by atoms with Crippen LogP contribution in [0.2, 0.25) is 0 Å². The number of nitrogens with zero attached hydrogens (tertiary/aromatic N) is 3.